The van der Waals surface area contributed by atoms with Crippen LogP contribution in [0.2, 0.25) is 0 Å². The molecule has 2 saturated carbocycles. The smallest absolute Gasteiger partial charge is 0.247 e. The molecule has 26 heavy (non-hydrogen) atoms. The molecule has 0 aliphatic heterocycles. The number of benzene rings is 1. The van der Waals surface area contributed by atoms with Crippen molar-refractivity contribution >= 4 is 5.57 Å². The van der Waals surface area contributed by atoms with Crippen LogP contribution < -0.4 is 0 Å². The second kappa shape index (κ2) is 5.34. The molecule has 0 unspecified atom stereocenters. The SMILES string of the molecule is C1=C(c2cncc(C3CC3)n2)c2cc(-c3nnc(C4CC4)o3)ccc2C1. The lowest BCUT2D eigenvalue weighted by Gasteiger charge is -2.08. The van der Waals surface area contributed by atoms with Crippen molar-refractivity contribution in [2.24, 2.45) is 0 Å². The Morgan fingerprint density at radius 2 is 1.85 bits per heavy atom. The number of nitrogens with zero attached hydrogens (tertiary/aromatic N) is 4. The van der Waals surface area contributed by atoms with E-state index in [1.807, 2.05) is 12.4 Å². The summed E-state index contributed by atoms with van der Waals surface area (Å²) in [4.78, 5) is 9.30. The molecule has 0 atom stereocenters. The third-order valence-corrected chi connectivity index (χ3v) is 5.47. The van der Waals surface area contributed by atoms with E-state index in [1.165, 1.54) is 29.5 Å². The van der Waals surface area contributed by atoms with Crippen molar-refractivity contribution in [1.82, 2.24) is 20.2 Å². The lowest BCUT2D eigenvalue weighted by molar-refractivity contribution is 0.508. The highest BCUT2D eigenvalue weighted by molar-refractivity contribution is 5.84. The molecule has 6 rings (SSSR count). The average molecular weight is 342 g/mol. The van der Waals surface area contributed by atoms with E-state index in [0.717, 1.165) is 42.1 Å². The highest BCUT2D eigenvalue weighted by Crippen LogP contribution is 2.41. The molecule has 2 aromatic heterocycles. The van der Waals surface area contributed by atoms with Crippen molar-refractivity contribution in [2.45, 2.75) is 43.9 Å². The first-order valence-corrected chi connectivity index (χ1v) is 9.35. The van der Waals surface area contributed by atoms with E-state index >= 15 is 0 Å². The van der Waals surface area contributed by atoms with Gasteiger partial charge in [-0.3, -0.25) is 4.98 Å². The fraction of sp³-hybridized carbons (Fsp3) is 0.333. The largest absolute Gasteiger partial charge is 0.420 e. The quantitative estimate of drug-likeness (QED) is 0.708. The Kier molecular flexibility index (Phi) is 2.95. The van der Waals surface area contributed by atoms with E-state index in [9.17, 15) is 0 Å². The molecule has 0 N–H and O–H groups in total. The zero-order valence-electron chi connectivity index (χ0n) is 14.4. The number of fused-ring (bicyclic) bond motifs is 1. The third-order valence-electron chi connectivity index (χ3n) is 5.47. The first-order valence-electron chi connectivity index (χ1n) is 9.35. The Morgan fingerprint density at radius 1 is 0.962 bits per heavy atom. The van der Waals surface area contributed by atoms with E-state index in [0.29, 0.717) is 17.7 Å². The molecule has 0 bridgehead atoms. The molecule has 5 nitrogen and oxygen atoms in total. The van der Waals surface area contributed by atoms with Gasteiger partial charge >= 0.3 is 0 Å². The molecule has 5 heteroatoms. The second-order valence-electron chi connectivity index (χ2n) is 7.52. The predicted octanol–water partition coefficient (Wildman–Crippen LogP) is 4.27. The van der Waals surface area contributed by atoms with Crippen LogP contribution in [-0.2, 0) is 6.42 Å². The van der Waals surface area contributed by atoms with Crippen LogP contribution in [0, 0.1) is 0 Å². The summed E-state index contributed by atoms with van der Waals surface area (Å²) in [6.45, 7) is 0. The molecule has 128 valence electrons. The van der Waals surface area contributed by atoms with Gasteiger partial charge in [0.25, 0.3) is 0 Å². The summed E-state index contributed by atoms with van der Waals surface area (Å²) in [5, 5.41) is 8.46. The highest BCUT2D eigenvalue weighted by Gasteiger charge is 2.30. The van der Waals surface area contributed by atoms with Crippen LogP contribution in [0.5, 0.6) is 0 Å². The zero-order valence-corrected chi connectivity index (χ0v) is 14.4. The fourth-order valence-electron chi connectivity index (χ4n) is 3.64. The summed E-state index contributed by atoms with van der Waals surface area (Å²) in [6.07, 6.45) is 11.7. The highest BCUT2D eigenvalue weighted by atomic mass is 16.4. The second-order valence-corrected chi connectivity index (χ2v) is 7.52. The Bertz CT molecular complexity index is 1040. The van der Waals surface area contributed by atoms with Crippen molar-refractivity contribution in [1.29, 1.82) is 0 Å². The van der Waals surface area contributed by atoms with Gasteiger partial charge in [-0.05, 0) is 55.4 Å². The van der Waals surface area contributed by atoms with E-state index in [4.69, 9.17) is 9.40 Å². The van der Waals surface area contributed by atoms with Gasteiger partial charge in [0, 0.05) is 29.2 Å². The Morgan fingerprint density at radius 3 is 2.69 bits per heavy atom. The van der Waals surface area contributed by atoms with Crippen LogP contribution in [0.25, 0.3) is 17.0 Å². The first kappa shape index (κ1) is 14.4. The normalized spacial score (nSPS) is 18.7. The van der Waals surface area contributed by atoms with Crippen LogP contribution >= 0.6 is 0 Å². The third kappa shape index (κ3) is 2.38. The van der Waals surface area contributed by atoms with Crippen LogP contribution in [0.3, 0.4) is 0 Å². The first-order chi connectivity index (χ1) is 12.8. The molecule has 0 radical (unpaired) electrons. The van der Waals surface area contributed by atoms with Gasteiger partial charge in [-0.15, -0.1) is 10.2 Å². The molecule has 2 heterocycles. The van der Waals surface area contributed by atoms with Gasteiger partial charge in [0.05, 0.1) is 17.6 Å². The molecule has 0 amide bonds. The number of rotatable bonds is 4. The molecule has 3 aliphatic carbocycles. The lowest BCUT2D eigenvalue weighted by atomic mass is 10.0. The predicted molar refractivity (Wildman–Crippen MR) is 96.5 cm³/mol. The van der Waals surface area contributed by atoms with Gasteiger partial charge in [-0.1, -0.05) is 12.1 Å². The van der Waals surface area contributed by atoms with E-state index in [2.05, 4.69) is 39.5 Å². The van der Waals surface area contributed by atoms with E-state index in [1.54, 1.807) is 0 Å². The summed E-state index contributed by atoms with van der Waals surface area (Å²) in [6, 6.07) is 6.39. The van der Waals surface area contributed by atoms with Crippen LogP contribution in [0.4, 0.5) is 0 Å². The standard InChI is InChI=1S/C21H18N4O/c1-6-15(21-25-24-20(26-21)14-4-5-14)9-17-12(1)7-8-16(17)19-11-22-10-18(23-19)13-2-3-13/h1,6,8-11,13-14H,2-5,7H2. The molecule has 0 saturated heterocycles. The maximum absolute atomic E-state index is 5.88. The Hall–Kier alpha value is -2.82. The van der Waals surface area contributed by atoms with Gasteiger partial charge in [-0.25, -0.2) is 4.98 Å². The lowest BCUT2D eigenvalue weighted by Crippen LogP contribution is -1.96. The molecule has 3 aromatic rings. The minimum atomic E-state index is 0.474. The summed E-state index contributed by atoms with van der Waals surface area (Å²) < 4.78 is 5.88. The van der Waals surface area contributed by atoms with Crippen LogP contribution in [-0.4, -0.2) is 20.2 Å². The molecule has 0 spiro atoms. The fourth-order valence-corrected chi connectivity index (χ4v) is 3.64. The monoisotopic (exact) mass is 342 g/mol. The molecular weight excluding hydrogens is 324 g/mol. The Labute approximate surface area is 151 Å². The van der Waals surface area contributed by atoms with E-state index in [-0.39, 0.29) is 0 Å². The van der Waals surface area contributed by atoms with Gasteiger partial charge in [0.15, 0.2) is 0 Å². The van der Waals surface area contributed by atoms with Gasteiger partial charge in [0.2, 0.25) is 11.8 Å². The number of hydrogen-bond donors (Lipinski definition) is 0. The van der Waals surface area contributed by atoms with Crippen molar-refractivity contribution < 1.29 is 4.42 Å². The van der Waals surface area contributed by atoms with Crippen LogP contribution in [0.15, 0.2) is 41.1 Å². The summed E-state index contributed by atoms with van der Waals surface area (Å²) in [7, 11) is 0. The van der Waals surface area contributed by atoms with Crippen molar-refractivity contribution in [3.05, 3.63) is 65.1 Å². The molecular formula is C21H18N4O. The molecule has 3 aliphatic rings. The number of aromatic nitrogens is 4. The van der Waals surface area contributed by atoms with Crippen LogP contribution in [0.1, 0.15) is 65.9 Å². The minimum Gasteiger partial charge on any atom is -0.420 e. The minimum absolute atomic E-state index is 0.474. The Balaban J connectivity index is 1.38. The molecule has 2 fully saturated rings. The number of hydrogen-bond acceptors (Lipinski definition) is 5. The van der Waals surface area contributed by atoms with Gasteiger partial charge < -0.3 is 4.42 Å². The maximum Gasteiger partial charge on any atom is 0.247 e. The molecule has 1 aromatic carbocycles. The van der Waals surface area contributed by atoms with Crippen molar-refractivity contribution in [3.8, 4) is 11.5 Å². The van der Waals surface area contributed by atoms with Crippen molar-refractivity contribution in [2.75, 3.05) is 0 Å². The topological polar surface area (TPSA) is 64.7 Å². The number of allylic oxidation sites excluding steroid dienone is 1. The van der Waals surface area contributed by atoms with Crippen molar-refractivity contribution in [3.63, 3.8) is 0 Å². The summed E-state index contributed by atoms with van der Waals surface area (Å²) >= 11 is 0. The van der Waals surface area contributed by atoms with Gasteiger partial charge in [-0.2, -0.15) is 0 Å². The maximum atomic E-state index is 5.88. The summed E-state index contributed by atoms with van der Waals surface area (Å²) in [5.74, 6) is 2.47. The average Bonchev–Trinajstić information content (AvgIpc) is 3.61. The zero-order chi connectivity index (χ0) is 17.1. The van der Waals surface area contributed by atoms with Gasteiger partial charge in [0.1, 0.15) is 0 Å². The van der Waals surface area contributed by atoms with E-state index < -0.39 is 0 Å². The summed E-state index contributed by atoms with van der Waals surface area (Å²) in [5.41, 5.74) is 6.75.